The van der Waals surface area contributed by atoms with Gasteiger partial charge in [-0.15, -0.1) is 24.9 Å². The number of hydrogen-bond donors (Lipinski definition) is 1. The standard InChI is InChI=1S/C27H33ClN2O5S/c1-4-6-17-35-25(34)21-20-23(32)30(15-7-16-31)22(27(20)13-12-26(21,3)36-27)24(33)29(14-5-2)19-10-8-18(28)9-11-19/h4-5,8-11,20-22,31H,1-2,6-7,12-17H2,3H3/t20-,21+,22?,26-,27?/m0/s1. The molecule has 1 spiro atoms. The highest BCUT2D eigenvalue weighted by atomic mass is 35.5. The molecule has 7 nitrogen and oxygen atoms in total. The minimum Gasteiger partial charge on any atom is -0.465 e. The number of halogens is 1. The molecule has 0 aromatic heterocycles. The molecule has 9 heteroatoms. The highest BCUT2D eigenvalue weighted by molar-refractivity contribution is 8.02. The molecule has 5 atom stereocenters. The van der Waals surface area contributed by atoms with Crippen molar-refractivity contribution in [3.63, 3.8) is 0 Å². The molecule has 3 aliphatic heterocycles. The van der Waals surface area contributed by atoms with Crippen molar-refractivity contribution < 1.29 is 24.2 Å². The van der Waals surface area contributed by atoms with Crippen molar-refractivity contribution in [2.45, 2.75) is 48.1 Å². The van der Waals surface area contributed by atoms with Crippen LogP contribution in [0.1, 0.15) is 32.6 Å². The van der Waals surface area contributed by atoms with Gasteiger partial charge >= 0.3 is 5.97 Å². The molecule has 3 heterocycles. The third-order valence-corrected chi connectivity index (χ3v) is 9.84. The van der Waals surface area contributed by atoms with Crippen molar-refractivity contribution in [2.24, 2.45) is 11.8 Å². The first-order valence-electron chi connectivity index (χ1n) is 12.3. The van der Waals surface area contributed by atoms with Gasteiger partial charge in [-0.2, -0.15) is 0 Å². The van der Waals surface area contributed by atoms with E-state index in [4.69, 9.17) is 16.3 Å². The first kappa shape index (κ1) is 26.8. The second kappa shape index (κ2) is 10.6. The summed E-state index contributed by atoms with van der Waals surface area (Å²) < 4.78 is 4.33. The zero-order chi connectivity index (χ0) is 26.1. The fourth-order valence-electron chi connectivity index (χ4n) is 6.10. The van der Waals surface area contributed by atoms with E-state index in [1.807, 2.05) is 6.92 Å². The van der Waals surface area contributed by atoms with Gasteiger partial charge < -0.3 is 19.6 Å². The van der Waals surface area contributed by atoms with Crippen molar-refractivity contribution in [3.8, 4) is 0 Å². The first-order chi connectivity index (χ1) is 17.2. The number of carbonyl (C=O) groups is 3. The number of aliphatic hydroxyl groups is 1. The Kier molecular flexibility index (Phi) is 7.88. The Hall–Kier alpha value is -2.29. The summed E-state index contributed by atoms with van der Waals surface area (Å²) in [6, 6.07) is 6.21. The summed E-state index contributed by atoms with van der Waals surface area (Å²) >= 11 is 7.67. The highest BCUT2D eigenvalue weighted by Crippen LogP contribution is 2.71. The lowest BCUT2D eigenvalue weighted by Crippen LogP contribution is -2.55. The number of benzene rings is 1. The fraction of sp³-hybridized carbons (Fsp3) is 0.519. The quantitative estimate of drug-likeness (QED) is 0.265. The van der Waals surface area contributed by atoms with Crippen LogP contribution in [0, 0.1) is 11.8 Å². The highest BCUT2D eigenvalue weighted by Gasteiger charge is 2.77. The summed E-state index contributed by atoms with van der Waals surface area (Å²) in [6.45, 7) is 10.1. The predicted molar refractivity (Wildman–Crippen MR) is 142 cm³/mol. The molecule has 3 aliphatic rings. The molecule has 2 bridgehead atoms. The lowest BCUT2D eigenvalue weighted by molar-refractivity contribution is -0.155. The number of thioether (sulfide) groups is 1. The van der Waals surface area contributed by atoms with Crippen LogP contribution in [0.25, 0.3) is 0 Å². The van der Waals surface area contributed by atoms with E-state index in [1.165, 1.54) is 0 Å². The molecule has 2 amide bonds. The topological polar surface area (TPSA) is 87.1 Å². The number of esters is 1. The van der Waals surface area contributed by atoms with Crippen LogP contribution in [-0.2, 0) is 19.1 Å². The minimum atomic E-state index is -0.769. The summed E-state index contributed by atoms with van der Waals surface area (Å²) in [4.78, 5) is 44.7. The van der Waals surface area contributed by atoms with Gasteiger partial charge in [0.05, 0.1) is 23.2 Å². The molecular weight excluding hydrogens is 500 g/mol. The van der Waals surface area contributed by atoms with E-state index in [0.717, 1.165) is 0 Å². The van der Waals surface area contributed by atoms with Crippen molar-refractivity contribution in [1.29, 1.82) is 0 Å². The van der Waals surface area contributed by atoms with E-state index in [2.05, 4.69) is 13.2 Å². The number of carbonyl (C=O) groups excluding carboxylic acids is 3. The zero-order valence-electron chi connectivity index (χ0n) is 20.5. The van der Waals surface area contributed by atoms with Gasteiger partial charge in [0, 0.05) is 35.2 Å². The third kappa shape index (κ3) is 4.37. The second-order valence-corrected chi connectivity index (χ2v) is 12.1. The van der Waals surface area contributed by atoms with Crippen LogP contribution in [0.5, 0.6) is 0 Å². The van der Waals surface area contributed by atoms with Gasteiger partial charge in [0.1, 0.15) is 6.04 Å². The van der Waals surface area contributed by atoms with Gasteiger partial charge in [-0.25, -0.2) is 0 Å². The van der Waals surface area contributed by atoms with Gasteiger partial charge in [-0.1, -0.05) is 23.8 Å². The maximum Gasteiger partial charge on any atom is 0.311 e. The number of aliphatic hydroxyl groups excluding tert-OH is 1. The Morgan fingerprint density at radius 3 is 2.64 bits per heavy atom. The monoisotopic (exact) mass is 532 g/mol. The Morgan fingerprint density at radius 2 is 2.00 bits per heavy atom. The van der Waals surface area contributed by atoms with Crippen molar-refractivity contribution in [3.05, 3.63) is 54.6 Å². The number of amides is 2. The molecule has 0 radical (unpaired) electrons. The Bertz CT molecular complexity index is 1050. The molecule has 0 aliphatic carbocycles. The number of likely N-dealkylation sites (tertiary alicyclic amines) is 1. The summed E-state index contributed by atoms with van der Waals surface area (Å²) in [5, 5.41) is 10.1. The summed E-state index contributed by atoms with van der Waals surface area (Å²) in [6.07, 6.45) is 5.57. The van der Waals surface area contributed by atoms with Crippen LogP contribution in [0.3, 0.4) is 0 Å². The van der Waals surface area contributed by atoms with E-state index in [0.29, 0.717) is 36.4 Å². The average Bonchev–Trinajstić information content (AvgIpc) is 3.42. The first-order valence-corrected chi connectivity index (χ1v) is 13.5. The number of rotatable bonds is 11. The van der Waals surface area contributed by atoms with Crippen LogP contribution in [0.15, 0.2) is 49.6 Å². The van der Waals surface area contributed by atoms with Crippen LogP contribution in [0.2, 0.25) is 5.02 Å². The molecule has 36 heavy (non-hydrogen) atoms. The van der Waals surface area contributed by atoms with Gasteiger partial charge in [0.15, 0.2) is 0 Å². The summed E-state index contributed by atoms with van der Waals surface area (Å²) in [7, 11) is 0. The maximum atomic E-state index is 14.3. The number of hydrogen-bond acceptors (Lipinski definition) is 6. The van der Waals surface area contributed by atoms with Gasteiger partial charge in [0.2, 0.25) is 5.91 Å². The van der Waals surface area contributed by atoms with E-state index >= 15 is 0 Å². The minimum absolute atomic E-state index is 0.103. The van der Waals surface area contributed by atoms with Crippen LogP contribution < -0.4 is 4.90 Å². The molecule has 4 rings (SSSR count). The number of nitrogens with zero attached hydrogens (tertiary/aromatic N) is 2. The SMILES string of the molecule is C=CCCOC(=O)[C@H]1[C@H]2C(=O)N(CCCO)C(C(=O)N(CC=C)c3ccc(Cl)cc3)C23CC[C@]1(C)S3. The van der Waals surface area contributed by atoms with E-state index < -0.39 is 27.4 Å². The van der Waals surface area contributed by atoms with Crippen LogP contribution in [-0.4, -0.2) is 69.6 Å². The number of anilines is 1. The number of ether oxygens (including phenoxy) is 1. The van der Waals surface area contributed by atoms with E-state index in [9.17, 15) is 19.5 Å². The van der Waals surface area contributed by atoms with E-state index in [1.54, 1.807) is 58.0 Å². The van der Waals surface area contributed by atoms with Crippen LogP contribution in [0.4, 0.5) is 5.69 Å². The molecule has 1 aromatic carbocycles. The molecule has 3 saturated heterocycles. The lowest BCUT2D eigenvalue weighted by Gasteiger charge is -2.37. The predicted octanol–water partition coefficient (Wildman–Crippen LogP) is 3.84. The number of fused-ring (bicyclic) bond motifs is 1. The molecule has 3 fully saturated rings. The van der Waals surface area contributed by atoms with Crippen molar-refractivity contribution in [2.75, 3.05) is 31.2 Å². The molecule has 0 saturated carbocycles. The lowest BCUT2D eigenvalue weighted by atomic mass is 9.66. The van der Waals surface area contributed by atoms with Crippen molar-refractivity contribution >= 4 is 46.8 Å². The molecular formula is C27H33ClN2O5S. The summed E-state index contributed by atoms with van der Waals surface area (Å²) in [5.41, 5.74) is 0.655. The molecule has 2 unspecified atom stereocenters. The largest absolute Gasteiger partial charge is 0.465 e. The van der Waals surface area contributed by atoms with Crippen LogP contribution >= 0.6 is 23.4 Å². The normalized spacial score (nSPS) is 30.2. The smallest absolute Gasteiger partial charge is 0.311 e. The van der Waals surface area contributed by atoms with E-state index in [-0.39, 0.29) is 44.1 Å². The summed E-state index contributed by atoms with van der Waals surface area (Å²) in [5.74, 6) is -2.10. The zero-order valence-corrected chi connectivity index (χ0v) is 22.1. The Balaban J connectivity index is 1.74. The second-order valence-electron chi connectivity index (χ2n) is 9.80. The average molecular weight is 533 g/mol. The van der Waals surface area contributed by atoms with Crippen molar-refractivity contribution in [1.82, 2.24) is 4.90 Å². The van der Waals surface area contributed by atoms with Gasteiger partial charge in [0.25, 0.3) is 5.91 Å². The third-order valence-electron chi connectivity index (χ3n) is 7.60. The Morgan fingerprint density at radius 1 is 1.28 bits per heavy atom. The maximum absolute atomic E-state index is 14.3. The molecule has 1 aromatic rings. The van der Waals surface area contributed by atoms with Gasteiger partial charge in [-0.3, -0.25) is 14.4 Å². The molecule has 194 valence electrons. The Labute approximate surface area is 221 Å². The fourth-order valence-corrected chi connectivity index (χ4v) is 8.56. The molecule has 1 N–H and O–H groups in total. The van der Waals surface area contributed by atoms with Gasteiger partial charge in [-0.05, 0) is 56.9 Å².